The maximum absolute atomic E-state index is 11.1. The molecule has 0 saturated heterocycles. The number of benzene rings is 1. The smallest absolute Gasteiger partial charge is 0.744 e. The molecule has 0 atom stereocenters. The first kappa shape index (κ1) is 21.9. The minimum Gasteiger partial charge on any atom is -0.744 e. The molecule has 0 bridgehead atoms. The van der Waals surface area contributed by atoms with Crippen LogP contribution in [0.5, 0.6) is 5.75 Å². The van der Waals surface area contributed by atoms with Gasteiger partial charge in [-0.25, -0.2) is 8.42 Å². The Bertz CT molecular complexity index is 503. The molecule has 0 aliphatic heterocycles. The number of unbranched alkanes of at least 4 members (excludes halogenated alkanes) is 7. The summed E-state index contributed by atoms with van der Waals surface area (Å²) in [5, 5.41) is 0. The summed E-state index contributed by atoms with van der Waals surface area (Å²) in [7, 11) is -4.47. The van der Waals surface area contributed by atoms with Gasteiger partial charge >= 0.3 is 29.6 Å². The number of hydrogen-bond acceptors (Lipinski definition) is 4. The van der Waals surface area contributed by atoms with E-state index in [-0.39, 0.29) is 40.2 Å². The number of hydrogen-bond donors (Lipinski definition) is 0. The van der Waals surface area contributed by atoms with Gasteiger partial charge in [0.1, 0.15) is 15.9 Å². The van der Waals surface area contributed by atoms with Crippen molar-refractivity contribution in [2.24, 2.45) is 0 Å². The molecule has 0 amide bonds. The number of para-hydroxylation sites is 1. The van der Waals surface area contributed by atoms with Crippen LogP contribution < -0.4 is 34.3 Å². The molecule has 22 heavy (non-hydrogen) atoms. The zero-order valence-corrected chi connectivity index (χ0v) is 16.5. The predicted molar refractivity (Wildman–Crippen MR) is 82.5 cm³/mol. The fourth-order valence-electron chi connectivity index (χ4n) is 2.19. The van der Waals surface area contributed by atoms with E-state index in [0.717, 1.165) is 12.8 Å². The van der Waals surface area contributed by atoms with Crippen molar-refractivity contribution < 1.29 is 47.3 Å². The quantitative estimate of drug-likeness (QED) is 0.345. The van der Waals surface area contributed by atoms with E-state index in [4.69, 9.17) is 4.74 Å². The zero-order valence-electron chi connectivity index (χ0n) is 13.7. The van der Waals surface area contributed by atoms with Gasteiger partial charge in [0, 0.05) is 0 Å². The van der Waals surface area contributed by atoms with Gasteiger partial charge in [-0.3, -0.25) is 0 Å². The molecule has 0 heterocycles. The largest absolute Gasteiger partial charge is 1.00 e. The molecule has 4 nitrogen and oxygen atoms in total. The maximum Gasteiger partial charge on any atom is 1.00 e. The van der Waals surface area contributed by atoms with Gasteiger partial charge in [-0.15, -0.1) is 0 Å². The average Bonchev–Trinajstić information content (AvgIpc) is 2.45. The summed E-state index contributed by atoms with van der Waals surface area (Å²) in [6.07, 6.45) is 9.52. The van der Waals surface area contributed by atoms with Crippen molar-refractivity contribution in [2.45, 2.75) is 63.2 Å². The van der Waals surface area contributed by atoms with Gasteiger partial charge < -0.3 is 9.29 Å². The normalized spacial score (nSPS) is 11.0. The van der Waals surface area contributed by atoms with Gasteiger partial charge in [-0.2, -0.15) is 0 Å². The molecule has 0 saturated carbocycles. The minimum atomic E-state index is -4.47. The van der Waals surface area contributed by atoms with Crippen molar-refractivity contribution in [1.82, 2.24) is 0 Å². The van der Waals surface area contributed by atoms with Gasteiger partial charge in [0.2, 0.25) is 0 Å². The Balaban J connectivity index is 0.00000441. The Morgan fingerprint density at radius 2 is 1.50 bits per heavy atom. The van der Waals surface area contributed by atoms with Crippen molar-refractivity contribution in [3.05, 3.63) is 24.3 Å². The van der Waals surface area contributed by atoms with Gasteiger partial charge in [0.15, 0.2) is 0 Å². The second-order valence-corrected chi connectivity index (χ2v) is 6.57. The van der Waals surface area contributed by atoms with Crippen LogP contribution in [0.15, 0.2) is 29.2 Å². The molecule has 0 radical (unpaired) electrons. The summed E-state index contributed by atoms with van der Waals surface area (Å²) in [6.45, 7) is 2.65. The second kappa shape index (κ2) is 12.4. The van der Waals surface area contributed by atoms with E-state index < -0.39 is 10.1 Å². The van der Waals surface area contributed by atoms with Crippen LogP contribution in [0.25, 0.3) is 0 Å². The van der Waals surface area contributed by atoms with Crippen molar-refractivity contribution >= 4 is 10.1 Å². The van der Waals surface area contributed by atoms with E-state index >= 15 is 0 Å². The van der Waals surface area contributed by atoms with Crippen LogP contribution in [0.2, 0.25) is 0 Å². The molecule has 0 unspecified atom stereocenters. The Morgan fingerprint density at radius 3 is 2.09 bits per heavy atom. The van der Waals surface area contributed by atoms with Crippen molar-refractivity contribution in [3.63, 3.8) is 0 Å². The van der Waals surface area contributed by atoms with E-state index in [1.165, 1.54) is 56.7 Å². The molecule has 0 spiro atoms. The average molecular weight is 336 g/mol. The van der Waals surface area contributed by atoms with Crippen LogP contribution in [0.4, 0.5) is 0 Å². The molecule has 1 rings (SSSR count). The summed E-state index contributed by atoms with van der Waals surface area (Å²) in [4.78, 5) is -0.274. The molecule has 1 aromatic rings. The SMILES string of the molecule is CCCCCCCCCCOc1ccccc1S(=O)(=O)[O-].[Na+]. The van der Waals surface area contributed by atoms with E-state index in [9.17, 15) is 13.0 Å². The van der Waals surface area contributed by atoms with E-state index in [2.05, 4.69) is 6.92 Å². The summed E-state index contributed by atoms with van der Waals surface area (Å²) in [6, 6.07) is 5.99. The summed E-state index contributed by atoms with van der Waals surface area (Å²) >= 11 is 0. The van der Waals surface area contributed by atoms with Gasteiger partial charge in [0.25, 0.3) is 0 Å². The summed E-state index contributed by atoms with van der Waals surface area (Å²) < 4.78 is 38.7. The van der Waals surface area contributed by atoms with Gasteiger partial charge in [-0.1, -0.05) is 64.0 Å². The molecular formula is C16H25NaO4S. The molecule has 0 fully saturated rings. The molecule has 6 heteroatoms. The van der Waals surface area contributed by atoms with Crippen LogP contribution >= 0.6 is 0 Å². The topological polar surface area (TPSA) is 66.4 Å². The third kappa shape index (κ3) is 9.16. The Labute approximate surface area is 156 Å². The maximum atomic E-state index is 11.1. The molecule has 0 aliphatic rings. The van der Waals surface area contributed by atoms with Crippen LogP contribution in [0.1, 0.15) is 58.3 Å². The standard InChI is InChI=1S/C16H26O4S.Na/c1-2-3-4-5-6-7-8-11-14-20-15-12-9-10-13-16(15)21(17,18)19;/h9-10,12-13H,2-8,11,14H2,1H3,(H,17,18,19);/q;+1/p-1. The fraction of sp³-hybridized carbons (Fsp3) is 0.625. The van der Waals surface area contributed by atoms with E-state index in [1.54, 1.807) is 6.07 Å². The second-order valence-electron chi connectivity index (χ2n) is 5.22. The monoisotopic (exact) mass is 336 g/mol. The molecule has 1 aromatic carbocycles. The molecular weight excluding hydrogens is 311 g/mol. The van der Waals surface area contributed by atoms with E-state index in [1.807, 2.05) is 0 Å². The predicted octanol–water partition coefficient (Wildman–Crippen LogP) is 1.11. The number of rotatable bonds is 11. The van der Waals surface area contributed by atoms with Gasteiger partial charge in [0.05, 0.1) is 11.5 Å². The van der Waals surface area contributed by atoms with Crippen molar-refractivity contribution in [2.75, 3.05) is 6.61 Å². The van der Waals surface area contributed by atoms with Gasteiger partial charge in [-0.05, 0) is 18.6 Å². The van der Waals surface area contributed by atoms with Crippen molar-refractivity contribution in [1.29, 1.82) is 0 Å². The molecule has 120 valence electrons. The fourth-order valence-corrected chi connectivity index (χ4v) is 2.81. The van der Waals surface area contributed by atoms with Crippen LogP contribution in [0.3, 0.4) is 0 Å². The summed E-state index contributed by atoms with van der Waals surface area (Å²) in [5.74, 6) is 0.162. The third-order valence-corrected chi connectivity index (χ3v) is 4.25. The van der Waals surface area contributed by atoms with Crippen LogP contribution in [-0.2, 0) is 10.1 Å². The summed E-state index contributed by atoms with van der Waals surface area (Å²) in [5.41, 5.74) is 0. The number of ether oxygens (including phenoxy) is 1. The molecule has 0 aliphatic carbocycles. The van der Waals surface area contributed by atoms with E-state index in [0.29, 0.717) is 6.61 Å². The molecule has 0 aromatic heterocycles. The Kier molecular flexibility index (Phi) is 12.3. The molecule has 0 N–H and O–H groups in total. The Morgan fingerprint density at radius 1 is 0.955 bits per heavy atom. The first-order valence-electron chi connectivity index (χ1n) is 7.73. The first-order chi connectivity index (χ1) is 10.1. The van der Waals surface area contributed by atoms with Crippen LogP contribution in [-0.4, -0.2) is 19.6 Å². The Hall–Kier alpha value is -0.0700. The first-order valence-corrected chi connectivity index (χ1v) is 9.14. The minimum absolute atomic E-state index is 0. The third-order valence-electron chi connectivity index (χ3n) is 3.37. The van der Waals surface area contributed by atoms with Crippen molar-refractivity contribution in [3.8, 4) is 5.75 Å². The van der Waals surface area contributed by atoms with Crippen LogP contribution in [0, 0.1) is 0 Å². The zero-order chi connectivity index (χ0) is 15.6.